The highest BCUT2D eigenvalue weighted by Gasteiger charge is 2.15. The number of nitrogens with two attached hydrogens (primary N) is 4. The number of amides is 4. The highest BCUT2D eigenvalue weighted by molar-refractivity contribution is 6.11. The standard InChI is InChI=1S/C14H14N4O3.C4H10N2.C3H6O2.C2H6.CH3NO.CH5N/c1-8(19)16-7-12(20)18-13-9-4-2-3-5-11(9)17-6-10(13)14(15)21;1-2-3-6-4-5;1-2-3(4)5;1-2;2-1-3;1-2/h2-6H,7H2,1H3,(H2,15,21)(H,16,19)(H,17,18,20);4H,2-3H2,1H3,(H2,5,6);2H2,1H3,(H,4,5);1-2H3;1H,(H2,2,3);2H2,1H3. The van der Waals surface area contributed by atoms with Crippen molar-refractivity contribution in [2.45, 2.75) is 47.5 Å². The van der Waals surface area contributed by atoms with Gasteiger partial charge in [-0.05, 0) is 19.5 Å². The van der Waals surface area contributed by atoms with Gasteiger partial charge in [-0.1, -0.05) is 45.9 Å². The molecule has 0 saturated carbocycles. The number of carbonyl (C=O) groups excluding carboxylic acids is 4. The molecule has 2 aromatic rings. The Morgan fingerprint density at radius 3 is 1.97 bits per heavy atom. The zero-order valence-corrected chi connectivity index (χ0v) is 23.6. The van der Waals surface area contributed by atoms with Crippen LogP contribution in [0, 0.1) is 0 Å². The van der Waals surface area contributed by atoms with Gasteiger partial charge in [-0.3, -0.25) is 33.9 Å². The van der Waals surface area contributed by atoms with Crippen molar-refractivity contribution < 1.29 is 29.1 Å². The first-order chi connectivity index (χ1) is 18.6. The third-order valence-electron chi connectivity index (χ3n) is 3.56. The van der Waals surface area contributed by atoms with Crippen molar-refractivity contribution in [2.75, 3.05) is 25.5 Å². The fourth-order valence-electron chi connectivity index (χ4n) is 2.05. The number of carboxylic acid groups (broad SMARTS) is 1. The molecule has 1 aromatic heterocycles. The van der Waals surface area contributed by atoms with Crippen LogP contribution in [0.3, 0.4) is 0 Å². The number of nitrogens with zero attached hydrogens (tertiary/aromatic N) is 2. The van der Waals surface area contributed by atoms with Crippen molar-refractivity contribution in [1.82, 2.24) is 10.3 Å². The number of carboxylic acids is 1. The lowest BCUT2D eigenvalue weighted by Gasteiger charge is -2.12. The van der Waals surface area contributed by atoms with Crippen molar-refractivity contribution in [2.24, 2.45) is 27.9 Å². The molecule has 2 rings (SSSR count). The maximum absolute atomic E-state index is 11.8. The summed E-state index contributed by atoms with van der Waals surface area (Å²) in [4.78, 5) is 59.9. The maximum Gasteiger partial charge on any atom is 0.303 e. The quantitative estimate of drug-likeness (QED) is 0.146. The van der Waals surface area contributed by atoms with E-state index >= 15 is 0 Å². The van der Waals surface area contributed by atoms with Crippen LogP contribution in [0.2, 0.25) is 0 Å². The molecule has 0 atom stereocenters. The number of para-hydroxylation sites is 1. The number of nitrogens with one attached hydrogen (secondary N) is 2. The first-order valence-electron chi connectivity index (χ1n) is 12.0. The van der Waals surface area contributed by atoms with Crippen molar-refractivity contribution in [3.63, 3.8) is 0 Å². The van der Waals surface area contributed by atoms with E-state index in [1.165, 1.54) is 26.5 Å². The zero-order chi connectivity index (χ0) is 31.2. The molecule has 1 heterocycles. The van der Waals surface area contributed by atoms with Crippen LogP contribution >= 0.6 is 0 Å². The molecule has 1 aromatic carbocycles. The molecular formula is C25H44N8O6. The van der Waals surface area contributed by atoms with Gasteiger partial charge in [0, 0.05) is 31.5 Å². The number of aliphatic carboxylic acids is 1. The summed E-state index contributed by atoms with van der Waals surface area (Å²) in [6, 6.07) is 7.03. The van der Waals surface area contributed by atoms with Gasteiger partial charge in [0.2, 0.25) is 18.2 Å². The molecule has 0 aliphatic heterocycles. The summed E-state index contributed by atoms with van der Waals surface area (Å²) in [5, 5.41) is 13.3. The van der Waals surface area contributed by atoms with Crippen molar-refractivity contribution >= 4 is 53.0 Å². The fraction of sp³-hybridized carbons (Fsp3) is 0.400. The van der Waals surface area contributed by atoms with E-state index in [1.54, 1.807) is 31.2 Å². The minimum Gasteiger partial charge on any atom is -0.481 e. The average Bonchev–Trinajstić information content (AvgIpc) is 2.94. The van der Waals surface area contributed by atoms with Crippen molar-refractivity contribution in [1.29, 1.82) is 0 Å². The Morgan fingerprint density at radius 2 is 1.59 bits per heavy atom. The molecule has 0 unspecified atom stereocenters. The molecule has 0 spiro atoms. The number of primary amides is 2. The van der Waals surface area contributed by atoms with E-state index in [2.05, 4.69) is 39.0 Å². The number of hydrogen-bond acceptors (Lipinski definition) is 8. The topological polar surface area (TPSA) is 259 Å². The number of aliphatic imine (C=N–C) groups is 1. The van der Waals surface area contributed by atoms with Crippen LogP contribution in [0.25, 0.3) is 10.9 Å². The van der Waals surface area contributed by atoms with Gasteiger partial charge in [0.25, 0.3) is 5.91 Å². The molecule has 14 heteroatoms. The predicted octanol–water partition coefficient (Wildman–Crippen LogP) is 0.975. The Hall–Kier alpha value is -4.59. The summed E-state index contributed by atoms with van der Waals surface area (Å²) in [6.07, 6.45) is 4.20. The second kappa shape index (κ2) is 29.6. The lowest BCUT2D eigenvalue weighted by Crippen LogP contribution is -2.31. The van der Waals surface area contributed by atoms with Gasteiger partial charge in [0.15, 0.2) is 0 Å². The summed E-state index contributed by atoms with van der Waals surface area (Å²) >= 11 is 0. The van der Waals surface area contributed by atoms with E-state index in [0.717, 1.165) is 13.0 Å². The number of hydrogen-bond donors (Lipinski definition) is 7. The highest BCUT2D eigenvalue weighted by Crippen LogP contribution is 2.25. The molecule has 0 aliphatic rings. The van der Waals surface area contributed by atoms with Gasteiger partial charge in [0.05, 0.1) is 29.7 Å². The maximum atomic E-state index is 11.8. The van der Waals surface area contributed by atoms with Crippen LogP contribution in [0.5, 0.6) is 0 Å². The van der Waals surface area contributed by atoms with Crippen LogP contribution in [-0.2, 0) is 19.2 Å². The Bertz CT molecular complexity index is 1000. The Balaban J connectivity index is -0.000000280. The molecule has 0 radical (unpaired) electrons. The van der Waals surface area contributed by atoms with Crippen LogP contribution in [0.1, 0.15) is 57.8 Å². The molecule has 4 amide bonds. The third kappa shape index (κ3) is 23.6. The second-order valence-corrected chi connectivity index (χ2v) is 6.32. The number of benzene rings is 1. The van der Waals surface area contributed by atoms with E-state index in [0.29, 0.717) is 16.6 Å². The minimum atomic E-state index is -0.745. The highest BCUT2D eigenvalue weighted by atomic mass is 16.4. The van der Waals surface area contributed by atoms with E-state index in [-0.39, 0.29) is 30.8 Å². The summed E-state index contributed by atoms with van der Waals surface area (Å²) in [5.41, 5.74) is 19.9. The minimum absolute atomic E-state index is 0.116. The van der Waals surface area contributed by atoms with Gasteiger partial charge in [-0.2, -0.15) is 0 Å². The van der Waals surface area contributed by atoms with E-state index in [4.69, 9.17) is 21.4 Å². The number of aromatic nitrogens is 1. The monoisotopic (exact) mass is 552 g/mol. The molecule has 0 bridgehead atoms. The van der Waals surface area contributed by atoms with Crippen LogP contribution in [0.4, 0.5) is 5.69 Å². The predicted molar refractivity (Wildman–Crippen MR) is 155 cm³/mol. The molecular weight excluding hydrogens is 508 g/mol. The van der Waals surface area contributed by atoms with Crippen molar-refractivity contribution in [3.8, 4) is 0 Å². The molecule has 14 nitrogen and oxygen atoms in total. The first-order valence-corrected chi connectivity index (χ1v) is 12.0. The number of rotatable bonds is 7. The fourth-order valence-corrected chi connectivity index (χ4v) is 2.05. The summed E-state index contributed by atoms with van der Waals surface area (Å²) in [6.45, 7) is 9.64. The van der Waals surface area contributed by atoms with E-state index < -0.39 is 17.8 Å². The summed E-state index contributed by atoms with van der Waals surface area (Å²) in [7, 11) is 1.50. The van der Waals surface area contributed by atoms with E-state index in [9.17, 15) is 19.2 Å². The Kier molecular flexibility index (Phi) is 31.6. The molecule has 0 aliphatic carbocycles. The average molecular weight is 553 g/mol. The van der Waals surface area contributed by atoms with Crippen LogP contribution < -0.4 is 33.6 Å². The van der Waals surface area contributed by atoms with Gasteiger partial charge in [-0.15, -0.1) is 0 Å². The Morgan fingerprint density at radius 1 is 1.08 bits per heavy atom. The lowest BCUT2D eigenvalue weighted by atomic mass is 10.1. The number of fused-ring (bicyclic) bond motifs is 1. The molecule has 220 valence electrons. The smallest absolute Gasteiger partial charge is 0.303 e. The number of carbonyl (C=O) groups is 5. The van der Waals surface area contributed by atoms with Crippen LogP contribution in [-0.4, -0.2) is 66.7 Å². The van der Waals surface area contributed by atoms with Crippen LogP contribution in [0.15, 0.2) is 35.5 Å². The zero-order valence-electron chi connectivity index (χ0n) is 23.6. The second-order valence-electron chi connectivity index (χ2n) is 6.32. The third-order valence-corrected chi connectivity index (χ3v) is 3.56. The van der Waals surface area contributed by atoms with E-state index in [1.807, 2.05) is 13.8 Å². The van der Waals surface area contributed by atoms with Gasteiger partial charge >= 0.3 is 5.97 Å². The molecule has 11 N–H and O–H groups in total. The van der Waals surface area contributed by atoms with Gasteiger partial charge < -0.3 is 38.7 Å². The SMILES string of the molecule is CC.CC(=O)NCC(=O)Nc1c(C(N)=O)cnc2ccccc12.CCC(=O)O.CCCN=CN.CN.NC=O. The summed E-state index contributed by atoms with van der Waals surface area (Å²) < 4.78 is 0. The van der Waals surface area contributed by atoms with Gasteiger partial charge in [-0.25, -0.2) is 0 Å². The van der Waals surface area contributed by atoms with Crippen molar-refractivity contribution in [3.05, 3.63) is 36.0 Å². The largest absolute Gasteiger partial charge is 0.481 e. The summed E-state index contributed by atoms with van der Waals surface area (Å²) in [5.74, 6) is -2.21. The number of anilines is 1. The molecule has 39 heavy (non-hydrogen) atoms. The first kappa shape index (κ1) is 41.5. The van der Waals surface area contributed by atoms with Gasteiger partial charge in [0.1, 0.15) is 0 Å². The Labute approximate surface area is 229 Å². The number of pyridine rings is 1. The lowest BCUT2D eigenvalue weighted by molar-refractivity contribution is -0.136. The molecule has 0 fully saturated rings. The normalized spacial score (nSPS) is 8.59. The molecule has 0 saturated heterocycles.